The molecule has 0 aromatic carbocycles. The predicted molar refractivity (Wildman–Crippen MR) is 61.3 cm³/mol. The van der Waals surface area contributed by atoms with Gasteiger partial charge in [0.05, 0.1) is 12.6 Å². The fraction of sp³-hybridized carbons (Fsp3) is 0.500. The molecule has 1 atom stereocenters. The third-order valence-corrected chi connectivity index (χ3v) is 3.10. The predicted octanol–water partition coefficient (Wildman–Crippen LogP) is 0.932. The number of furan rings is 1. The molecule has 0 radical (unpaired) electrons. The number of rotatable bonds is 4. The van der Waals surface area contributed by atoms with Crippen LogP contribution in [0.25, 0.3) is 0 Å². The number of nitrogens with two attached hydrogens (primary N) is 1. The standard InChI is InChI=1S/C12H16N2O3/c13-12(16)11-3-1-2-6-14(11)7-9-4-5-10(8-15)17-9/h4-5,8,11H,1-3,6-7H2,(H2,13,16). The van der Waals surface area contributed by atoms with Gasteiger partial charge in [0.25, 0.3) is 0 Å². The quantitative estimate of drug-likeness (QED) is 0.789. The number of primary amides is 1. The van der Waals surface area contributed by atoms with Gasteiger partial charge in [-0.25, -0.2) is 0 Å². The molecule has 1 unspecified atom stereocenters. The van der Waals surface area contributed by atoms with Crippen LogP contribution in [0, 0.1) is 0 Å². The molecule has 2 N–H and O–H groups in total. The van der Waals surface area contributed by atoms with Gasteiger partial charge >= 0.3 is 0 Å². The Morgan fingerprint density at radius 3 is 3.00 bits per heavy atom. The van der Waals surface area contributed by atoms with E-state index in [-0.39, 0.29) is 11.9 Å². The molecule has 1 fully saturated rings. The van der Waals surface area contributed by atoms with Crippen LogP contribution in [0.5, 0.6) is 0 Å². The molecule has 17 heavy (non-hydrogen) atoms. The van der Waals surface area contributed by atoms with E-state index in [1.807, 2.05) is 4.90 Å². The van der Waals surface area contributed by atoms with Crippen LogP contribution < -0.4 is 5.73 Å². The highest BCUT2D eigenvalue weighted by Gasteiger charge is 2.27. The molecule has 0 spiro atoms. The Hall–Kier alpha value is -1.62. The summed E-state index contributed by atoms with van der Waals surface area (Å²) < 4.78 is 5.30. The lowest BCUT2D eigenvalue weighted by Gasteiger charge is -2.32. The summed E-state index contributed by atoms with van der Waals surface area (Å²) in [7, 11) is 0. The Bertz CT molecular complexity index is 414. The molecule has 2 rings (SSSR count). The lowest BCUT2D eigenvalue weighted by atomic mass is 10.0. The van der Waals surface area contributed by atoms with Crippen LogP contribution in [0.1, 0.15) is 35.6 Å². The van der Waals surface area contributed by atoms with Crippen molar-refractivity contribution in [2.45, 2.75) is 31.8 Å². The second kappa shape index (κ2) is 5.14. The number of carbonyl (C=O) groups is 2. The van der Waals surface area contributed by atoms with Gasteiger partial charge in [0.1, 0.15) is 5.76 Å². The highest BCUT2D eigenvalue weighted by atomic mass is 16.3. The second-order valence-corrected chi connectivity index (χ2v) is 4.31. The largest absolute Gasteiger partial charge is 0.457 e. The molecule has 5 nitrogen and oxygen atoms in total. The average Bonchev–Trinajstić information content (AvgIpc) is 2.77. The van der Waals surface area contributed by atoms with Crippen molar-refractivity contribution in [3.8, 4) is 0 Å². The van der Waals surface area contributed by atoms with Gasteiger partial charge in [0.15, 0.2) is 12.0 Å². The van der Waals surface area contributed by atoms with Crippen molar-refractivity contribution in [1.82, 2.24) is 4.90 Å². The topological polar surface area (TPSA) is 76.5 Å². The van der Waals surface area contributed by atoms with Crippen LogP contribution in [0.3, 0.4) is 0 Å². The van der Waals surface area contributed by atoms with Gasteiger partial charge in [-0.15, -0.1) is 0 Å². The fourth-order valence-corrected chi connectivity index (χ4v) is 2.25. The fourth-order valence-electron chi connectivity index (χ4n) is 2.25. The Balaban J connectivity index is 2.04. The van der Waals surface area contributed by atoms with E-state index in [4.69, 9.17) is 10.2 Å². The van der Waals surface area contributed by atoms with Gasteiger partial charge in [-0.3, -0.25) is 14.5 Å². The molecule has 1 aliphatic rings. The van der Waals surface area contributed by atoms with Crippen LogP contribution in [0.2, 0.25) is 0 Å². The van der Waals surface area contributed by atoms with Gasteiger partial charge in [0.2, 0.25) is 5.91 Å². The molecule has 1 saturated heterocycles. The van der Waals surface area contributed by atoms with E-state index < -0.39 is 0 Å². The number of piperidine rings is 1. The van der Waals surface area contributed by atoms with Crippen molar-refractivity contribution in [3.63, 3.8) is 0 Å². The van der Waals surface area contributed by atoms with Crippen LogP contribution >= 0.6 is 0 Å². The van der Waals surface area contributed by atoms with Crippen molar-refractivity contribution in [2.75, 3.05) is 6.54 Å². The van der Waals surface area contributed by atoms with Gasteiger partial charge in [0, 0.05) is 0 Å². The minimum absolute atomic E-state index is 0.214. The SMILES string of the molecule is NC(=O)C1CCCCN1Cc1ccc(C=O)o1. The Morgan fingerprint density at radius 2 is 2.35 bits per heavy atom. The molecule has 0 saturated carbocycles. The monoisotopic (exact) mass is 236 g/mol. The van der Waals surface area contributed by atoms with Gasteiger partial charge in [-0.1, -0.05) is 6.42 Å². The van der Waals surface area contributed by atoms with E-state index in [0.29, 0.717) is 24.4 Å². The normalized spacial score (nSPS) is 21.3. The van der Waals surface area contributed by atoms with Crippen molar-refractivity contribution in [2.24, 2.45) is 5.73 Å². The molecular formula is C12H16N2O3. The molecule has 92 valence electrons. The van der Waals surface area contributed by atoms with Gasteiger partial charge in [-0.2, -0.15) is 0 Å². The Morgan fingerprint density at radius 1 is 1.53 bits per heavy atom. The van der Waals surface area contributed by atoms with E-state index in [0.717, 1.165) is 25.8 Å². The molecule has 5 heteroatoms. The molecular weight excluding hydrogens is 220 g/mol. The number of nitrogens with zero attached hydrogens (tertiary/aromatic N) is 1. The number of carbonyl (C=O) groups excluding carboxylic acids is 2. The van der Waals surface area contributed by atoms with Crippen molar-refractivity contribution >= 4 is 12.2 Å². The van der Waals surface area contributed by atoms with Crippen LogP contribution in [0.15, 0.2) is 16.5 Å². The van der Waals surface area contributed by atoms with E-state index in [2.05, 4.69) is 0 Å². The maximum atomic E-state index is 11.3. The zero-order valence-corrected chi connectivity index (χ0v) is 9.59. The number of amides is 1. The summed E-state index contributed by atoms with van der Waals surface area (Å²) in [6, 6.07) is 3.18. The van der Waals surface area contributed by atoms with E-state index in [1.54, 1.807) is 12.1 Å². The van der Waals surface area contributed by atoms with Gasteiger partial charge < -0.3 is 10.2 Å². The maximum Gasteiger partial charge on any atom is 0.234 e. The van der Waals surface area contributed by atoms with E-state index in [9.17, 15) is 9.59 Å². The third kappa shape index (κ3) is 2.74. The lowest BCUT2D eigenvalue weighted by Crippen LogP contribution is -2.47. The van der Waals surface area contributed by atoms with E-state index in [1.165, 1.54) is 0 Å². The summed E-state index contributed by atoms with van der Waals surface area (Å²) >= 11 is 0. The molecule has 2 heterocycles. The van der Waals surface area contributed by atoms with Crippen LogP contribution in [-0.2, 0) is 11.3 Å². The molecule has 0 aliphatic carbocycles. The minimum atomic E-state index is -0.285. The highest BCUT2D eigenvalue weighted by Crippen LogP contribution is 2.20. The number of hydrogen-bond donors (Lipinski definition) is 1. The number of likely N-dealkylation sites (tertiary alicyclic amines) is 1. The zero-order valence-electron chi connectivity index (χ0n) is 9.59. The van der Waals surface area contributed by atoms with Crippen LogP contribution in [-0.4, -0.2) is 29.7 Å². The Kier molecular flexibility index (Phi) is 3.58. The number of hydrogen-bond acceptors (Lipinski definition) is 4. The summed E-state index contributed by atoms with van der Waals surface area (Å²) in [5, 5.41) is 0. The van der Waals surface area contributed by atoms with E-state index >= 15 is 0 Å². The average molecular weight is 236 g/mol. The molecule has 1 aliphatic heterocycles. The molecule has 1 aromatic heterocycles. The first-order chi connectivity index (χ1) is 8.20. The molecule has 0 bridgehead atoms. The van der Waals surface area contributed by atoms with Crippen molar-refractivity contribution in [3.05, 3.63) is 23.7 Å². The minimum Gasteiger partial charge on any atom is -0.457 e. The first-order valence-corrected chi connectivity index (χ1v) is 5.78. The summed E-state index contributed by atoms with van der Waals surface area (Å²) in [6.07, 6.45) is 3.56. The maximum absolute atomic E-state index is 11.3. The highest BCUT2D eigenvalue weighted by molar-refractivity contribution is 5.79. The summed E-state index contributed by atoms with van der Waals surface area (Å²) in [5.74, 6) is 0.722. The van der Waals surface area contributed by atoms with Gasteiger partial charge in [-0.05, 0) is 31.5 Å². The second-order valence-electron chi connectivity index (χ2n) is 4.31. The van der Waals surface area contributed by atoms with Crippen LogP contribution in [0.4, 0.5) is 0 Å². The smallest absolute Gasteiger partial charge is 0.234 e. The number of aldehydes is 1. The Labute approximate surface area is 99.6 Å². The zero-order chi connectivity index (χ0) is 12.3. The summed E-state index contributed by atoms with van der Waals surface area (Å²) in [4.78, 5) is 23.8. The van der Waals surface area contributed by atoms with Crippen molar-refractivity contribution in [1.29, 1.82) is 0 Å². The first-order valence-electron chi connectivity index (χ1n) is 5.78. The molecule has 1 amide bonds. The molecule has 1 aromatic rings. The summed E-state index contributed by atoms with van der Waals surface area (Å²) in [5.41, 5.74) is 5.38. The lowest BCUT2D eigenvalue weighted by molar-refractivity contribution is -0.124. The third-order valence-electron chi connectivity index (χ3n) is 3.10. The summed E-state index contributed by atoms with van der Waals surface area (Å²) in [6.45, 7) is 1.37. The van der Waals surface area contributed by atoms with Crippen molar-refractivity contribution < 1.29 is 14.0 Å². The first kappa shape index (κ1) is 11.9.